The minimum Gasteiger partial charge on any atom is -0.356 e. The largest absolute Gasteiger partial charge is 0.356 e. The molecule has 0 radical (unpaired) electrons. The molecule has 0 bridgehead atoms. The lowest BCUT2D eigenvalue weighted by Crippen LogP contribution is -2.40. The molecular formula is C15H28BrNO. The fourth-order valence-corrected chi connectivity index (χ4v) is 3.32. The predicted octanol–water partition coefficient (Wildman–Crippen LogP) is 4.27. The molecule has 1 unspecified atom stereocenters. The first-order valence-electron chi connectivity index (χ1n) is 7.42. The van der Waals surface area contributed by atoms with Gasteiger partial charge in [-0.1, -0.05) is 49.5 Å². The maximum absolute atomic E-state index is 12.4. The van der Waals surface area contributed by atoms with Crippen LogP contribution in [-0.4, -0.2) is 17.3 Å². The second-order valence-electron chi connectivity index (χ2n) is 6.14. The van der Waals surface area contributed by atoms with Gasteiger partial charge in [-0.3, -0.25) is 4.79 Å². The molecule has 2 nitrogen and oxygen atoms in total. The molecule has 0 heterocycles. The molecule has 1 fully saturated rings. The molecule has 1 N–H and O–H groups in total. The average molecular weight is 318 g/mol. The average Bonchev–Trinajstić information content (AvgIpc) is 2.77. The lowest BCUT2D eigenvalue weighted by atomic mass is 9.77. The fourth-order valence-electron chi connectivity index (χ4n) is 3.09. The van der Waals surface area contributed by atoms with Gasteiger partial charge in [-0.05, 0) is 38.0 Å². The van der Waals surface area contributed by atoms with E-state index in [1.54, 1.807) is 0 Å². The first kappa shape index (κ1) is 16.0. The number of hydrogen-bond acceptors (Lipinski definition) is 1. The van der Waals surface area contributed by atoms with Crippen LogP contribution in [0.4, 0.5) is 0 Å². The highest BCUT2D eigenvalue weighted by Gasteiger charge is 2.40. The lowest BCUT2D eigenvalue weighted by Gasteiger charge is -2.29. The van der Waals surface area contributed by atoms with Gasteiger partial charge in [0.1, 0.15) is 0 Å². The van der Waals surface area contributed by atoms with Gasteiger partial charge >= 0.3 is 0 Å². The molecule has 0 aromatic heterocycles. The molecule has 0 spiro atoms. The molecule has 18 heavy (non-hydrogen) atoms. The van der Waals surface area contributed by atoms with Crippen molar-refractivity contribution in [3.8, 4) is 0 Å². The standard InChI is InChI=1S/C15H28BrNO/c1-4-13(16)7-10-17-14(18)15(11-12(2)3)8-5-6-9-15/h12-13H,4-11H2,1-3H3,(H,17,18). The Hall–Kier alpha value is -0.0500. The van der Waals surface area contributed by atoms with Crippen molar-refractivity contribution < 1.29 is 4.79 Å². The van der Waals surface area contributed by atoms with E-state index in [2.05, 4.69) is 42.0 Å². The Balaban J connectivity index is 2.45. The Kier molecular flexibility index (Phi) is 6.68. The molecule has 1 amide bonds. The highest BCUT2D eigenvalue weighted by Crippen LogP contribution is 2.43. The first-order chi connectivity index (χ1) is 8.50. The quantitative estimate of drug-likeness (QED) is 0.698. The lowest BCUT2D eigenvalue weighted by molar-refractivity contribution is -0.131. The van der Waals surface area contributed by atoms with Crippen molar-refractivity contribution in [3.05, 3.63) is 0 Å². The third-order valence-electron chi connectivity index (χ3n) is 4.03. The summed E-state index contributed by atoms with van der Waals surface area (Å²) in [4.78, 5) is 13.0. The zero-order chi connectivity index (χ0) is 13.6. The Morgan fingerprint density at radius 2 is 1.94 bits per heavy atom. The van der Waals surface area contributed by atoms with Crippen molar-refractivity contribution in [2.24, 2.45) is 11.3 Å². The number of nitrogens with one attached hydrogen (secondary N) is 1. The van der Waals surface area contributed by atoms with Gasteiger partial charge in [-0.15, -0.1) is 0 Å². The predicted molar refractivity (Wildman–Crippen MR) is 81.0 cm³/mol. The summed E-state index contributed by atoms with van der Waals surface area (Å²) in [7, 11) is 0. The summed E-state index contributed by atoms with van der Waals surface area (Å²) in [5.41, 5.74) is -0.0534. The van der Waals surface area contributed by atoms with Gasteiger partial charge in [0.2, 0.25) is 5.91 Å². The summed E-state index contributed by atoms with van der Waals surface area (Å²) in [5.74, 6) is 0.915. The third kappa shape index (κ3) is 4.56. The summed E-state index contributed by atoms with van der Waals surface area (Å²) in [6.45, 7) is 7.42. The van der Waals surface area contributed by atoms with Crippen LogP contribution in [0.3, 0.4) is 0 Å². The van der Waals surface area contributed by atoms with E-state index in [0.717, 1.165) is 38.6 Å². The second kappa shape index (κ2) is 7.52. The summed E-state index contributed by atoms with van der Waals surface area (Å²) in [6, 6.07) is 0. The van der Waals surface area contributed by atoms with E-state index < -0.39 is 0 Å². The van der Waals surface area contributed by atoms with Crippen LogP contribution in [0, 0.1) is 11.3 Å². The second-order valence-corrected chi connectivity index (χ2v) is 7.43. The third-order valence-corrected chi connectivity index (χ3v) is 5.13. The Morgan fingerprint density at radius 1 is 1.33 bits per heavy atom. The van der Waals surface area contributed by atoms with Gasteiger partial charge in [0, 0.05) is 16.8 Å². The van der Waals surface area contributed by atoms with Crippen molar-refractivity contribution in [2.45, 2.75) is 70.5 Å². The van der Waals surface area contributed by atoms with Crippen molar-refractivity contribution in [3.63, 3.8) is 0 Å². The molecule has 1 saturated carbocycles. The van der Waals surface area contributed by atoms with Gasteiger partial charge in [0.05, 0.1) is 0 Å². The van der Waals surface area contributed by atoms with E-state index in [1.807, 2.05) is 0 Å². The van der Waals surface area contributed by atoms with Crippen LogP contribution in [0.15, 0.2) is 0 Å². The monoisotopic (exact) mass is 317 g/mol. The van der Waals surface area contributed by atoms with Gasteiger partial charge < -0.3 is 5.32 Å². The van der Waals surface area contributed by atoms with Crippen molar-refractivity contribution >= 4 is 21.8 Å². The van der Waals surface area contributed by atoms with Gasteiger partial charge in [-0.2, -0.15) is 0 Å². The van der Waals surface area contributed by atoms with Crippen LogP contribution in [0.1, 0.15) is 65.7 Å². The number of amides is 1. The highest BCUT2D eigenvalue weighted by molar-refractivity contribution is 9.09. The van der Waals surface area contributed by atoms with E-state index in [-0.39, 0.29) is 5.41 Å². The minimum absolute atomic E-state index is 0.0534. The number of rotatable bonds is 7. The molecule has 0 saturated heterocycles. The van der Waals surface area contributed by atoms with Crippen LogP contribution in [0.2, 0.25) is 0 Å². The molecular weight excluding hydrogens is 290 g/mol. The topological polar surface area (TPSA) is 29.1 Å². The Morgan fingerprint density at radius 3 is 2.44 bits per heavy atom. The highest BCUT2D eigenvalue weighted by atomic mass is 79.9. The molecule has 1 atom stereocenters. The zero-order valence-electron chi connectivity index (χ0n) is 12.1. The molecule has 0 aromatic rings. The van der Waals surface area contributed by atoms with Crippen molar-refractivity contribution in [2.75, 3.05) is 6.54 Å². The molecule has 1 rings (SSSR count). The zero-order valence-corrected chi connectivity index (χ0v) is 13.7. The summed E-state index contributed by atoms with van der Waals surface area (Å²) < 4.78 is 0. The van der Waals surface area contributed by atoms with Crippen molar-refractivity contribution in [1.29, 1.82) is 0 Å². The normalized spacial score (nSPS) is 20.1. The van der Waals surface area contributed by atoms with Gasteiger partial charge in [-0.25, -0.2) is 0 Å². The Labute approximate surface area is 120 Å². The number of alkyl halides is 1. The van der Waals surface area contributed by atoms with Gasteiger partial charge in [0.15, 0.2) is 0 Å². The van der Waals surface area contributed by atoms with Crippen LogP contribution >= 0.6 is 15.9 Å². The van der Waals surface area contributed by atoms with E-state index >= 15 is 0 Å². The molecule has 0 aromatic carbocycles. The summed E-state index contributed by atoms with van der Waals surface area (Å²) >= 11 is 3.61. The number of hydrogen-bond donors (Lipinski definition) is 1. The summed E-state index contributed by atoms with van der Waals surface area (Å²) in [6.07, 6.45) is 7.80. The first-order valence-corrected chi connectivity index (χ1v) is 8.34. The molecule has 106 valence electrons. The minimum atomic E-state index is -0.0534. The van der Waals surface area contributed by atoms with Crippen LogP contribution in [-0.2, 0) is 4.79 Å². The van der Waals surface area contributed by atoms with E-state index in [0.29, 0.717) is 16.7 Å². The van der Waals surface area contributed by atoms with Crippen LogP contribution < -0.4 is 5.32 Å². The maximum Gasteiger partial charge on any atom is 0.226 e. The van der Waals surface area contributed by atoms with E-state index in [1.165, 1.54) is 12.8 Å². The molecule has 1 aliphatic rings. The number of halogens is 1. The van der Waals surface area contributed by atoms with E-state index in [9.17, 15) is 4.79 Å². The maximum atomic E-state index is 12.4. The van der Waals surface area contributed by atoms with Crippen LogP contribution in [0.25, 0.3) is 0 Å². The molecule has 1 aliphatic carbocycles. The van der Waals surface area contributed by atoms with E-state index in [4.69, 9.17) is 0 Å². The molecule has 3 heteroatoms. The smallest absolute Gasteiger partial charge is 0.226 e. The number of carbonyl (C=O) groups excluding carboxylic acids is 1. The summed E-state index contributed by atoms with van der Waals surface area (Å²) in [5, 5.41) is 3.17. The van der Waals surface area contributed by atoms with Gasteiger partial charge in [0.25, 0.3) is 0 Å². The SMILES string of the molecule is CCC(Br)CCNC(=O)C1(CC(C)C)CCCC1. The molecule has 0 aliphatic heterocycles. The number of carbonyl (C=O) groups is 1. The van der Waals surface area contributed by atoms with Crippen LogP contribution in [0.5, 0.6) is 0 Å². The fraction of sp³-hybridized carbons (Fsp3) is 0.933. The van der Waals surface area contributed by atoms with Crippen molar-refractivity contribution in [1.82, 2.24) is 5.32 Å². The Bertz CT molecular complexity index is 259.